The van der Waals surface area contributed by atoms with Crippen molar-refractivity contribution < 1.29 is 13.9 Å². The number of fused-ring (bicyclic) bond motifs is 1. The van der Waals surface area contributed by atoms with E-state index in [9.17, 15) is 9.18 Å². The molecule has 0 radical (unpaired) electrons. The molecule has 1 aromatic heterocycles. The van der Waals surface area contributed by atoms with Crippen LogP contribution in [0.1, 0.15) is 28.5 Å². The first-order valence-corrected chi connectivity index (χ1v) is 5.79. The number of halogens is 1. The van der Waals surface area contributed by atoms with E-state index < -0.39 is 11.8 Å². The monoisotopic (exact) mass is 259 g/mol. The Balaban J connectivity index is 2.88. The Bertz CT molecular complexity index is 692. The van der Waals surface area contributed by atoms with Crippen molar-refractivity contribution in [2.24, 2.45) is 0 Å². The molecule has 0 saturated heterocycles. The molecule has 0 amide bonds. The van der Waals surface area contributed by atoms with Crippen LogP contribution in [-0.2, 0) is 4.74 Å². The van der Waals surface area contributed by atoms with Crippen molar-refractivity contribution in [3.05, 3.63) is 47.4 Å². The largest absolute Gasteiger partial charge is 0.464 e. The summed E-state index contributed by atoms with van der Waals surface area (Å²) in [4.78, 5) is 15.7. The normalized spacial score (nSPS) is 10.5. The molecule has 4 heteroatoms. The predicted octanol–water partition coefficient (Wildman–Crippen LogP) is 3.50. The molecule has 0 aliphatic heterocycles. The third kappa shape index (κ3) is 2.21. The summed E-state index contributed by atoms with van der Waals surface area (Å²) in [5, 5.41) is 0.642. The maximum Gasteiger partial charge on any atom is 0.356 e. The van der Waals surface area contributed by atoms with Crippen LogP contribution in [0, 0.1) is 12.7 Å². The van der Waals surface area contributed by atoms with Crippen LogP contribution in [0.3, 0.4) is 0 Å². The number of aryl methyl sites for hydroxylation is 1. The number of carbonyl (C=O) groups is 1. The summed E-state index contributed by atoms with van der Waals surface area (Å²) in [7, 11) is 1.27. The third-order valence-electron chi connectivity index (χ3n) is 2.97. The zero-order valence-electron chi connectivity index (χ0n) is 11.1. The summed E-state index contributed by atoms with van der Waals surface area (Å²) < 4.78 is 18.8. The fraction of sp³-hybridized carbons (Fsp3) is 0.200. The molecule has 0 unspecified atom stereocenters. The average molecular weight is 259 g/mol. The standard InChI is InChI=1S/C15H14FNO2/c1-8(2)11-7-12(15(18)19-4)17-14-10(11)6-5-9(3)13(14)16/h5-7H,1H2,2-4H3. The van der Waals surface area contributed by atoms with Gasteiger partial charge in [-0.1, -0.05) is 24.3 Å². The van der Waals surface area contributed by atoms with Gasteiger partial charge in [-0.25, -0.2) is 14.2 Å². The van der Waals surface area contributed by atoms with E-state index in [1.54, 1.807) is 32.0 Å². The van der Waals surface area contributed by atoms with E-state index >= 15 is 0 Å². The fourth-order valence-electron chi connectivity index (χ4n) is 1.92. The summed E-state index contributed by atoms with van der Waals surface area (Å²) in [6.45, 7) is 7.31. The van der Waals surface area contributed by atoms with Crippen LogP contribution in [0.2, 0.25) is 0 Å². The van der Waals surface area contributed by atoms with Crippen molar-refractivity contribution in [3.63, 3.8) is 0 Å². The summed E-state index contributed by atoms with van der Waals surface area (Å²) in [5.41, 5.74) is 2.16. The number of carbonyl (C=O) groups excluding carboxylic acids is 1. The molecule has 2 rings (SSSR count). The molecule has 98 valence electrons. The van der Waals surface area contributed by atoms with Gasteiger partial charge >= 0.3 is 5.97 Å². The second kappa shape index (κ2) is 4.80. The minimum atomic E-state index is -0.592. The number of benzene rings is 1. The number of nitrogens with zero attached hydrogens (tertiary/aromatic N) is 1. The molecule has 0 atom stereocenters. The van der Waals surface area contributed by atoms with Gasteiger partial charge in [-0.05, 0) is 31.0 Å². The van der Waals surface area contributed by atoms with Gasteiger partial charge < -0.3 is 4.74 Å². The van der Waals surface area contributed by atoms with Crippen LogP contribution < -0.4 is 0 Å². The minimum absolute atomic E-state index is 0.0810. The van der Waals surface area contributed by atoms with E-state index in [4.69, 9.17) is 0 Å². The van der Waals surface area contributed by atoms with Gasteiger partial charge in [-0.2, -0.15) is 0 Å². The maximum absolute atomic E-state index is 14.1. The van der Waals surface area contributed by atoms with Crippen molar-refractivity contribution in [3.8, 4) is 0 Å². The van der Waals surface area contributed by atoms with E-state index in [2.05, 4.69) is 16.3 Å². The predicted molar refractivity (Wildman–Crippen MR) is 72.5 cm³/mol. The average Bonchev–Trinajstić information content (AvgIpc) is 2.40. The zero-order valence-corrected chi connectivity index (χ0v) is 11.1. The lowest BCUT2D eigenvalue weighted by Crippen LogP contribution is -2.06. The lowest BCUT2D eigenvalue weighted by molar-refractivity contribution is 0.0594. The Hall–Kier alpha value is -2.23. The first kappa shape index (κ1) is 13.2. The van der Waals surface area contributed by atoms with Crippen LogP contribution >= 0.6 is 0 Å². The number of pyridine rings is 1. The molecule has 3 nitrogen and oxygen atoms in total. The van der Waals surface area contributed by atoms with E-state index in [-0.39, 0.29) is 11.2 Å². The molecule has 0 aliphatic carbocycles. The molecular formula is C15H14FNO2. The van der Waals surface area contributed by atoms with Gasteiger partial charge in [0.15, 0.2) is 5.82 Å². The molecule has 0 bridgehead atoms. The number of esters is 1. The highest BCUT2D eigenvalue weighted by molar-refractivity contribution is 5.97. The second-order valence-corrected chi connectivity index (χ2v) is 4.42. The molecule has 2 aromatic rings. The van der Waals surface area contributed by atoms with Crippen molar-refractivity contribution in [2.45, 2.75) is 13.8 Å². The molecule has 0 spiro atoms. The van der Waals surface area contributed by atoms with Crippen LogP contribution in [0.5, 0.6) is 0 Å². The number of aromatic nitrogens is 1. The zero-order chi connectivity index (χ0) is 14.2. The van der Waals surface area contributed by atoms with Gasteiger partial charge in [0.25, 0.3) is 0 Å². The van der Waals surface area contributed by atoms with Gasteiger partial charge in [0.05, 0.1) is 7.11 Å². The SMILES string of the molecule is C=C(C)c1cc(C(=O)OC)nc2c(F)c(C)ccc12. The van der Waals surface area contributed by atoms with Crippen molar-refractivity contribution in [2.75, 3.05) is 7.11 Å². The summed E-state index contributed by atoms with van der Waals surface area (Å²) >= 11 is 0. The molecule has 0 N–H and O–H groups in total. The highest BCUT2D eigenvalue weighted by Gasteiger charge is 2.16. The summed E-state index contributed by atoms with van der Waals surface area (Å²) in [6, 6.07) is 5.04. The van der Waals surface area contributed by atoms with Gasteiger partial charge in [0.2, 0.25) is 0 Å². The lowest BCUT2D eigenvalue weighted by atomic mass is 10.0. The quantitative estimate of drug-likeness (QED) is 0.775. The van der Waals surface area contributed by atoms with Gasteiger partial charge in [-0.15, -0.1) is 0 Å². The number of hydrogen-bond donors (Lipinski definition) is 0. The van der Waals surface area contributed by atoms with E-state index in [1.807, 2.05) is 0 Å². The molecule has 19 heavy (non-hydrogen) atoms. The number of rotatable bonds is 2. The van der Waals surface area contributed by atoms with Gasteiger partial charge in [0, 0.05) is 5.39 Å². The Morgan fingerprint density at radius 2 is 2.11 bits per heavy atom. The van der Waals surface area contributed by atoms with Crippen molar-refractivity contribution >= 4 is 22.4 Å². The Kier molecular flexibility index (Phi) is 3.34. The number of allylic oxidation sites excluding steroid dienone is 1. The first-order valence-electron chi connectivity index (χ1n) is 5.79. The topological polar surface area (TPSA) is 39.2 Å². The van der Waals surface area contributed by atoms with Crippen LogP contribution in [0.25, 0.3) is 16.5 Å². The van der Waals surface area contributed by atoms with E-state index in [0.29, 0.717) is 16.5 Å². The number of methoxy groups -OCH3 is 1. The van der Waals surface area contributed by atoms with Crippen LogP contribution in [0.15, 0.2) is 24.8 Å². The number of ether oxygens (including phenoxy) is 1. The lowest BCUT2D eigenvalue weighted by Gasteiger charge is -2.10. The molecule has 0 fully saturated rings. The minimum Gasteiger partial charge on any atom is -0.464 e. The van der Waals surface area contributed by atoms with E-state index in [1.165, 1.54) is 7.11 Å². The highest BCUT2D eigenvalue weighted by Crippen LogP contribution is 2.27. The summed E-state index contributed by atoms with van der Waals surface area (Å²) in [5.74, 6) is -1.02. The fourth-order valence-corrected chi connectivity index (χ4v) is 1.92. The van der Waals surface area contributed by atoms with E-state index in [0.717, 1.165) is 5.57 Å². The van der Waals surface area contributed by atoms with Gasteiger partial charge in [0.1, 0.15) is 11.2 Å². The van der Waals surface area contributed by atoms with Crippen LogP contribution in [0.4, 0.5) is 4.39 Å². The molecule has 1 heterocycles. The Morgan fingerprint density at radius 3 is 2.68 bits per heavy atom. The smallest absolute Gasteiger partial charge is 0.356 e. The van der Waals surface area contributed by atoms with Crippen LogP contribution in [-0.4, -0.2) is 18.1 Å². The molecule has 0 aliphatic rings. The molecular weight excluding hydrogens is 245 g/mol. The maximum atomic E-state index is 14.1. The second-order valence-electron chi connectivity index (χ2n) is 4.42. The Labute approximate surface area is 110 Å². The van der Waals surface area contributed by atoms with Crippen molar-refractivity contribution in [1.29, 1.82) is 0 Å². The Morgan fingerprint density at radius 1 is 1.42 bits per heavy atom. The molecule has 0 saturated carbocycles. The highest BCUT2D eigenvalue weighted by atomic mass is 19.1. The number of hydrogen-bond acceptors (Lipinski definition) is 3. The summed E-state index contributed by atoms with van der Waals surface area (Å²) in [6.07, 6.45) is 0. The van der Waals surface area contributed by atoms with Gasteiger partial charge in [-0.3, -0.25) is 0 Å². The third-order valence-corrected chi connectivity index (χ3v) is 2.97. The first-order chi connectivity index (χ1) is 8.95. The molecule has 1 aromatic carbocycles. The van der Waals surface area contributed by atoms with Crippen molar-refractivity contribution in [1.82, 2.24) is 4.98 Å².